The number of para-hydroxylation sites is 2. The summed E-state index contributed by atoms with van der Waals surface area (Å²) in [5.74, 6) is 0.114. The summed E-state index contributed by atoms with van der Waals surface area (Å²) in [7, 11) is 0. The van der Waals surface area contributed by atoms with Crippen molar-refractivity contribution >= 4 is 29.4 Å². The van der Waals surface area contributed by atoms with E-state index >= 15 is 0 Å². The highest BCUT2D eigenvalue weighted by atomic mass is 16.2. The van der Waals surface area contributed by atoms with Gasteiger partial charge in [-0.25, -0.2) is 0 Å². The van der Waals surface area contributed by atoms with Gasteiger partial charge in [-0.15, -0.1) is 0 Å². The van der Waals surface area contributed by atoms with Gasteiger partial charge in [-0.2, -0.15) is 0 Å². The average molecular weight is 249 g/mol. The summed E-state index contributed by atoms with van der Waals surface area (Å²) in [5.41, 5.74) is 4.05. The van der Waals surface area contributed by atoms with E-state index in [1.807, 2.05) is 60.4 Å². The van der Waals surface area contributed by atoms with Crippen LogP contribution in [0.3, 0.4) is 0 Å². The second-order valence-electron chi connectivity index (χ2n) is 4.53. The number of rotatable bonds is 1. The first-order valence-electron chi connectivity index (χ1n) is 6.50. The fourth-order valence-corrected chi connectivity index (χ4v) is 2.40. The molecule has 0 fully saturated rings. The number of anilines is 2. The van der Waals surface area contributed by atoms with Gasteiger partial charge in [0.15, 0.2) is 0 Å². The number of hydrogen-bond donors (Lipinski definition) is 0. The van der Waals surface area contributed by atoms with Crippen LogP contribution in [0.25, 0.3) is 12.2 Å². The molecule has 2 aromatic carbocycles. The van der Waals surface area contributed by atoms with Crippen LogP contribution in [0.5, 0.6) is 0 Å². The molecule has 0 aromatic heterocycles. The zero-order valence-electron chi connectivity index (χ0n) is 10.8. The van der Waals surface area contributed by atoms with Gasteiger partial charge in [0.2, 0.25) is 5.91 Å². The highest BCUT2D eigenvalue weighted by Gasteiger charge is 2.21. The number of carbonyl (C=O) groups excluding carboxylic acids is 1. The third-order valence-corrected chi connectivity index (χ3v) is 3.35. The number of carbonyl (C=O) groups is 1. The van der Waals surface area contributed by atoms with Crippen molar-refractivity contribution in [2.24, 2.45) is 0 Å². The molecule has 2 nitrogen and oxygen atoms in total. The second-order valence-corrected chi connectivity index (χ2v) is 4.53. The van der Waals surface area contributed by atoms with Gasteiger partial charge in [-0.1, -0.05) is 55.5 Å². The van der Waals surface area contributed by atoms with Crippen molar-refractivity contribution in [3.05, 3.63) is 59.7 Å². The van der Waals surface area contributed by atoms with Gasteiger partial charge in [0, 0.05) is 6.42 Å². The van der Waals surface area contributed by atoms with Gasteiger partial charge in [0.05, 0.1) is 11.4 Å². The number of fused-ring (bicyclic) bond motifs is 2. The summed E-state index contributed by atoms with van der Waals surface area (Å²) in [6.45, 7) is 1.89. The van der Waals surface area contributed by atoms with Crippen molar-refractivity contribution < 1.29 is 4.79 Å². The molecule has 19 heavy (non-hydrogen) atoms. The van der Waals surface area contributed by atoms with Crippen LogP contribution in [0.1, 0.15) is 24.5 Å². The van der Waals surface area contributed by atoms with Gasteiger partial charge in [-0.3, -0.25) is 9.69 Å². The largest absolute Gasteiger partial charge is 0.280 e. The average Bonchev–Trinajstić information content (AvgIpc) is 2.63. The first-order valence-corrected chi connectivity index (χ1v) is 6.50. The maximum absolute atomic E-state index is 12.3. The second kappa shape index (κ2) is 4.73. The summed E-state index contributed by atoms with van der Waals surface area (Å²) in [6, 6.07) is 16.0. The number of hydrogen-bond acceptors (Lipinski definition) is 1. The van der Waals surface area contributed by atoms with E-state index in [1.165, 1.54) is 0 Å². The van der Waals surface area contributed by atoms with E-state index in [0.717, 1.165) is 22.5 Å². The molecule has 2 aromatic rings. The summed E-state index contributed by atoms with van der Waals surface area (Å²) in [6.07, 6.45) is 4.62. The molecule has 0 N–H and O–H groups in total. The molecule has 1 amide bonds. The van der Waals surface area contributed by atoms with E-state index in [-0.39, 0.29) is 5.91 Å². The minimum Gasteiger partial charge on any atom is -0.280 e. The first kappa shape index (κ1) is 11.7. The standard InChI is InChI=1S/C17H15NO/c1-2-17(19)18-15-9-5-3-7-13(15)11-12-14-8-4-6-10-16(14)18/h3-12H,2H2,1H3. The third-order valence-electron chi connectivity index (χ3n) is 3.35. The fourth-order valence-electron chi connectivity index (χ4n) is 2.40. The van der Waals surface area contributed by atoms with Crippen molar-refractivity contribution in [3.63, 3.8) is 0 Å². The molecular weight excluding hydrogens is 234 g/mol. The molecule has 3 rings (SSSR count). The number of nitrogens with zero attached hydrogens (tertiary/aromatic N) is 1. The van der Waals surface area contributed by atoms with Crippen LogP contribution >= 0.6 is 0 Å². The Bertz CT molecular complexity index is 608. The first-order chi connectivity index (χ1) is 9.31. The molecule has 0 saturated carbocycles. The molecular formula is C17H15NO. The van der Waals surface area contributed by atoms with E-state index in [1.54, 1.807) is 0 Å². The predicted molar refractivity (Wildman–Crippen MR) is 79.2 cm³/mol. The molecule has 0 saturated heterocycles. The van der Waals surface area contributed by atoms with E-state index in [9.17, 15) is 4.79 Å². The predicted octanol–water partition coefficient (Wildman–Crippen LogP) is 4.25. The van der Waals surface area contributed by atoms with E-state index in [0.29, 0.717) is 6.42 Å². The number of amides is 1. The zero-order chi connectivity index (χ0) is 13.2. The maximum atomic E-state index is 12.3. The lowest BCUT2D eigenvalue weighted by atomic mass is 10.1. The molecule has 2 heteroatoms. The Hall–Kier alpha value is -2.35. The fraction of sp³-hybridized carbons (Fsp3) is 0.118. The Morgan fingerprint density at radius 3 is 1.84 bits per heavy atom. The van der Waals surface area contributed by atoms with E-state index in [4.69, 9.17) is 0 Å². The van der Waals surface area contributed by atoms with Gasteiger partial charge < -0.3 is 0 Å². The monoisotopic (exact) mass is 249 g/mol. The Kier molecular flexibility index (Phi) is 2.92. The van der Waals surface area contributed by atoms with E-state index < -0.39 is 0 Å². The quantitative estimate of drug-likeness (QED) is 0.740. The SMILES string of the molecule is CCC(=O)N1c2ccccc2C=Cc2ccccc21. The van der Waals surface area contributed by atoms with Crippen LogP contribution in [-0.2, 0) is 4.79 Å². The number of benzene rings is 2. The lowest BCUT2D eigenvalue weighted by Gasteiger charge is -2.24. The van der Waals surface area contributed by atoms with Crippen molar-refractivity contribution in [1.82, 2.24) is 0 Å². The zero-order valence-corrected chi connectivity index (χ0v) is 10.8. The van der Waals surface area contributed by atoms with Crippen LogP contribution in [0, 0.1) is 0 Å². The van der Waals surface area contributed by atoms with Crippen molar-refractivity contribution in [2.75, 3.05) is 4.90 Å². The molecule has 0 aliphatic carbocycles. The lowest BCUT2D eigenvalue weighted by molar-refractivity contribution is -0.117. The van der Waals surface area contributed by atoms with Crippen molar-refractivity contribution in [2.45, 2.75) is 13.3 Å². The Morgan fingerprint density at radius 2 is 1.37 bits per heavy atom. The van der Waals surface area contributed by atoms with E-state index in [2.05, 4.69) is 12.2 Å². The molecule has 0 radical (unpaired) electrons. The smallest absolute Gasteiger partial charge is 0.231 e. The summed E-state index contributed by atoms with van der Waals surface area (Å²) >= 11 is 0. The summed E-state index contributed by atoms with van der Waals surface area (Å²) < 4.78 is 0. The van der Waals surface area contributed by atoms with Gasteiger partial charge in [0.1, 0.15) is 0 Å². The van der Waals surface area contributed by atoms with Crippen LogP contribution in [0.2, 0.25) is 0 Å². The van der Waals surface area contributed by atoms with Crippen molar-refractivity contribution in [3.8, 4) is 0 Å². The van der Waals surface area contributed by atoms with Crippen LogP contribution in [-0.4, -0.2) is 5.91 Å². The minimum atomic E-state index is 0.114. The Morgan fingerprint density at radius 1 is 0.895 bits per heavy atom. The minimum absolute atomic E-state index is 0.114. The highest BCUT2D eigenvalue weighted by molar-refractivity contribution is 6.06. The van der Waals surface area contributed by atoms with Gasteiger partial charge >= 0.3 is 0 Å². The highest BCUT2D eigenvalue weighted by Crippen LogP contribution is 2.36. The third kappa shape index (κ3) is 1.95. The lowest BCUT2D eigenvalue weighted by Crippen LogP contribution is -2.25. The summed E-state index contributed by atoms with van der Waals surface area (Å²) in [4.78, 5) is 14.2. The normalized spacial score (nSPS) is 12.6. The maximum Gasteiger partial charge on any atom is 0.231 e. The Labute approximate surface area is 113 Å². The van der Waals surface area contributed by atoms with Crippen LogP contribution in [0.4, 0.5) is 11.4 Å². The van der Waals surface area contributed by atoms with Crippen molar-refractivity contribution in [1.29, 1.82) is 0 Å². The Balaban J connectivity index is 2.27. The molecule has 0 spiro atoms. The molecule has 0 atom stereocenters. The molecule has 1 aliphatic heterocycles. The summed E-state index contributed by atoms with van der Waals surface area (Å²) in [5, 5.41) is 0. The molecule has 0 unspecified atom stereocenters. The molecule has 0 bridgehead atoms. The van der Waals surface area contributed by atoms with Crippen LogP contribution < -0.4 is 4.90 Å². The molecule has 94 valence electrons. The molecule has 1 aliphatic rings. The van der Waals surface area contributed by atoms with Gasteiger partial charge in [-0.05, 0) is 23.3 Å². The van der Waals surface area contributed by atoms with Crippen LogP contribution in [0.15, 0.2) is 48.5 Å². The molecule has 1 heterocycles. The topological polar surface area (TPSA) is 20.3 Å². The van der Waals surface area contributed by atoms with Gasteiger partial charge in [0.25, 0.3) is 0 Å².